The normalized spacial score (nSPS) is 14.0. The molecule has 0 radical (unpaired) electrons. The lowest BCUT2D eigenvalue weighted by Gasteiger charge is -2.20. The highest BCUT2D eigenvalue weighted by Crippen LogP contribution is 2.23. The number of ether oxygens (including phenoxy) is 1. The molecule has 0 saturated carbocycles. The van der Waals surface area contributed by atoms with Gasteiger partial charge in [-0.05, 0) is 63.6 Å². The maximum absolute atomic E-state index is 11.5. The van der Waals surface area contributed by atoms with Gasteiger partial charge in [-0.15, -0.1) is 0 Å². The molecule has 2 N–H and O–H groups in total. The van der Waals surface area contributed by atoms with Crippen LogP contribution in [0.5, 0.6) is 0 Å². The Morgan fingerprint density at radius 1 is 1.38 bits per heavy atom. The van der Waals surface area contributed by atoms with Crippen molar-refractivity contribution in [3.63, 3.8) is 0 Å². The molecule has 0 bridgehead atoms. The number of hydrogen-bond donors (Lipinski definition) is 2. The van der Waals surface area contributed by atoms with Crippen molar-refractivity contribution >= 4 is 11.8 Å². The first-order valence-corrected chi connectivity index (χ1v) is 7.76. The highest BCUT2D eigenvalue weighted by Gasteiger charge is 2.15. The third-order valence-corrected chi connectivity index (χ3v) is 3.42. The molecule has 1 amide bonds. The van der Waals surface area contributed by atoms with Gasteiger partial charge < -0.3 is 15.4 Å². The first kappa shape index (κ1) is 15.7. The Morgan fingerprint density at radius 2 is 2.19 bits per heavy atom. The number of hydrogen-bond acceptors (Lipinski definition) is 3. The molecule has 0 fully saturated rings. The van der Waals surface area contributed by atoms with Crippen LogP contribution in [-0.2, 0) is 17.6 Å². The summed E-state index contributed by atoms with van der Waals surface area (Å²) in [7, 11) is 0. The molecule has 4 heteroatoms. The number of rotatable bonds is 4. The lowest BCUT2D eigenvalue weighted by molar-refractivity contribution is 0.0527. The van der Waals surface area contributed by atoms with Gasteiger partial charge in [0.15, 0.2) is 0 Å². The van der Waals surface area contributed by atoms with E-state index in [2.05, 4.69) is 28.8 Å². The van der Waals surface area contributed by atoms with Crippen LogP contribution in [-0.4, -0.2) is 24.8 Å². The Balaban J connectivity index is 1.73. The molecule has 0 unspecified atom stereocenters. The minimum Gasteiger partial charge on any atom is -0.444 e. The van der Waals surface area contributed by atoms with Crippen molar-refractivity contribution in [2.45, 2.75) is 52.1 Å². The summed E-state index contributed by atoms with van der Waals surface area (Å²) in [6.07, 6.45) is 3.93. The zero-order valence-corrected chi connectivity index (χ0v) is 13.3. The van der Waals surface area contributed by atoms with Crippen LogP contribution in [0, 0.1) is 0 Å². The fourth-order valence-electron chi connectivity index (χ4n) is 2.48. The Kier molecular flexibility index (Phi) is 5.10. The van der Waals surface area contributed by atoms with E-state index in [0.717, 1.165) is 25.8 Å². The van der Waals surface area contributed by atoms with Crippen LogP contribution in [0.15, 0.2) is 18.2 Å². The number of carbonyl (C=O) groups is 1. The first-order valence-electron chi connectivity index (χ1n) is 7.76. The predicted molar refractivity (Wildman–Crippen MR) is 85.8 cm³/mol. The van der Waals surface area contributed by atoms with Crippen molar-refractivity contribution in [1.82, 2.24) is 5.32 Å². The van der Waals surface area contributed by atoms with Gasteiger partial charge in [0.25, 0.3) is 0 Å². The summed E-state index contributed by atoms with van der Waals surface area (Å²) < 4.78 is 5.21. The van der Waals surface area contributed by atoms with Gasteiger partial charge in [-0.3, -0.25) is 0 Å². The summed E-state index contributed by atoms with van der Waals surface area (Å²) in [6.45, 7) is 7.32. The molecular formula is C17H26N2O2. The van der Waals surface area contributed by atoms with E-state index in [1.807, 2.05) is 20.8 Å². The van der Waals surface area contributed by atoms with Gasteiger partial charge >= 0.3 is 6.09 Å². The average Bonchev–Trinajstić information content (AvgIpc) is 2.41. The second-order valence-electron chi connectivity index (χ2n) is 6.55. The Bertz CT molecular complexity index is 492. The number of benzene rings is 1. The van der Waals surface area contributed by atoms with Crippen LogP contribution in [0.1, 0.15) is 44.7 Å². The lowest BCUT2D eigenvalue weighted by Crippen LogP contribution is -2.33. The van der Waals surface area contributed by atoms with Crippen molar-refractivity contribution in [3.8, 4) is 0 Å². The van der Waals surface area contributed by atoms with Crippen LogP contribution in [0.25, 0.3) is 0 Å². The van der Waals surface area contributed by atoms with E-state index >= 15 is 0 Å². The van der Waals surface area contributed by atoms with Crippen molar-refractivity contribution in [2.24, 2.45) is 0 Å². The molecule has 1 heterocycles. The van der Waals surface area contributed by atoms with Crippen molar-refractivity contribution in [1.29, 1.82) is 0 Å². The number of anilines is 1. The third-order valence-electron chi connectivity index (χ3n) is 3.42. The summed E-state index contributed by atoms with van der Waals surface area (Å²) in [5.41, 5.74) is 3.59. The maximum Gasteiger partial charge on any atom is 0.407 e. The number of fused-ring (bicyclic) bond motifs is 1. The molecule has 1 aliphatic rings. The monoisotopic (exact) mass is 290 g/mol. The fourth-order valence-corrected chi connectivity index (χ4v) is 2.48. The topological polar surface area (TPSA) is 50.4 Å². The van der Waals surface area contributed by atoms with E-state index in [4.69, 9.17) is 4.74 Å². The van der Waals surface area contributed by atoms with Crippen molar-refractivity contribution in [3.05, 3.63) is 29.3 Å². The number of aryl methyl sites for hydroxylation is 2. The van der Waals surface area contributed by atoms with Crippen LogP contribution in [0.4, 0.5) is 10.5 Å². The smallest absolute Gasteiger partial charge is 0.407 e. The van der Waals surface area contributed by atoms with Crippen molar-refractivity contribution < 1.29 is 9.53 Å². The molecule has 0 aliphatic carbocycles. The molecule has 1 aliphatic heterocycles. The average molecular weight is 290 g/mol. The molecule has 0 saturated heterocycles. The number of alkyl carbamates (subject to hydrolysis) is 1. The van der Waals surface area contributed by atoms with E-state index in [9.17, 15) is 4.79 Å². The van der Waals surface area contributed by atoms with Gasteiger partial charge in [-0.1, -0.05) is 12.1 Å². The summed E-state index contributed by atoms with van der Waals surface area (Å²) in [5, 5.41) is 6.22. The van der Waals surface area contributed by atoms with Gasteiger partial charge in [-0.2, -0.15) is 0 Å². The van der Waals surface area contributed by atoms with Gasteiger partial charge in [0, 0.05) is 18.8 Å². The molecular weight excluding hydrogens is 264 g/mol. The molecule has 1 aromatic carbocycles. The minimum absolute atomic E-state index is 0.336. The Labute approximate surface area is 127 Å². The summed E-state index contributed by atoms with van der Waals surface area (Å²) in [4.78, 5) is 11.5. The zero-order valence-electron chi connectivity index (χ0n) is 13.3. The Morgan fingerprint density at radius 3 is 2.95 bits per heavy atom. The summed E-state index contributed by atoms with van der Waals surface area (Å²) in [6, 6.07) is 6.63. The van der Waals surface area contributed by atoms with Gasteiger partial charge in [0.05, 0.1) is 0 Å². The van der Waals surface area contributed by atoms with E-state index in [1.165, 1.54) is 23.2 Å². The quantitative estimate of drug-likeness (QED) is 0.834. The maximum atomic E-state index is 11.5. The number of nitrogens with one attached hydrogen (secondary N) is 2. The van der Waals surface area contributed by atoms with Crippen LogP contribution in [0.3, 0.4) is 0 Å². The standard InChI is InChI=1S/C17H26N2O2/c1-17(2,3)21-16(20)19-11-4-6-13-8-9-15-14(12-13)7-5-10-18-15/h8-9,12,18H,4-7,10-11H2,1-3H3,(H,19,20). The molecule has 0 spiro atoms. The van der Waals surface area contributed by atoms with Gasteiger partial charge in [-0.25, -0.2) is 4.79 Å². The summed E-state index contributed by atoms with van der Waals surface area (Å²) in [5.74, 6) is 0. The second-order valence-corrected chi connectivity index (χ2v) is 6.55. The van der Waals surface area contributed by atoms with E-state index < -0.39 is 5.60 Å². The largest absolute Gasteiger partial charge is 0.444 e. The second kappa shape index (κ2) is 6.83. The van der Waals surface area contributed by atoms with Crippen molar-refractivity contribution in [2.75, 3.05) is 18.4 Å². The summed E-state index contributed by atoms with van der Waals surface area (Å²) >= 11 is 0. The van der Waals surface area contributed by atoms with Gasteiger partial charge in [0.2, 0.25) is 0 Å². The van der Waals surface area contributed by atoms with Crippen LogP contribution in [0.2, 0.25) is 0 Å². The molecule has 21 heavy (non-hydrogen) atoms. The predicted octanol–water partition coefficient (Wildman–Crippen LogP) is 3.50. The number of amides is 1. The third kappa shape index (κ3) is 5.29. The SMILES string of the molecule is CC(C)(C)OC(=O)NCCCc1ccc2c(c1)CCCN2. The van der Waals surface area contributed by atoms with E-state index in [1.54, 1.807) is 0 Å². The molecule has 0 aromatic heterocycles. The lowest BCUT2D eigenvalue weighted by atomic mass is 9.99. The Hall–Kier alpha value is -1.71. The fraction of sp³-hybridized carbons (Fsp3) is 0.588. The molecule has 2 rings (SSSR count). The highest BCUT2D eigenvalue weighted by atomic mass is 16.6. The highest BCUT2D eigenvalue weighted by molar-refractivity contribution is 5.67. The van der Waals surface area contributed by atoms with Gasteiger partial charge in [0.1, 0.15) is 5.60 Å². The van der Waals surface area contributed by atoms with Crippen LogP contribution < -0.4 is 10.6 Å². The zero-order chi connectivity index (χ0) is 15.3. The minimum atomic E-state index is -0.435. The molecule has 4 nitrogen and oxygen atoms in total. The molecule has 116 valence electrons. The van der Waals surface area contributed by atoms with E-state index in [-0.39, 0.29) is 6.09 Å². The van der Waals surface area contributed by atoms with Crippen LogP contribution >= 0.6 is 0 Å². The molecule has 1 aromatic rings. The number of carbonyl (C=O) groups excluding carboxylic acids is 1. The first-order chi connectivity index (χ1) is 9.94. The molecule has 0 atom stereocenters. The van der Waals surface area contributed by atoms with E-state index in [0.29, 0.717) is 6.54 Å².